The first-order valence-electron chi connectivity index (χ1n) is 6.49. The number of benzene rings is 1. The van der Waals surface area contributed by atoms with Gasteiger partial charge >= 0.3 is 0 Å². The van der Waals surface area contributed by atoms with E-state index in [0.717, 1.165) is 33.6 Å². The van der Waals surface area contributed by atoms with Crippen molar-refractivity contribution in [2.75, 3.05) is 0 Å². The highest BCUT2D eigenvalue weighted by Gasteiger charge is 2.10. The van der Waals surface area contributed by atoms with E-state index >= 15 is 0 Å². The van der Waals surface area contributed by atoms with Crippen molar-refractivity contribution in [1.82, 2.24) is 20.2 Å². The monoisotopic (exact) mass is 272 g/mol. The zero-order valence-corrected chi connectivity index (χ0v) is 12.1. The first kappa shape index (κ1) is 12.4. The Labute approximate surface area is 116 Å². The van der Waals surface area contributed by atoms with E-state index in [0.29, 0.717) is 5.25 Å². The van der Waals surface area contributed by atoms with Crippen LogP contribution in [0.3, 0.4) is 0 Å². The maximum atomic E-state index is 4.54. The van der Waals surface area contributed by atoms with Gasteiger partial charge in [-0.15, -0.1) is 10.2 Å². The molecular weight excluding hydrogens is 256 g/mol. The van der Waals surface area contributed by atoms with E-state index in [4.69, 9.17) is 0 Å². The maximum Gasteiger partial charge on any atom is 0.211 e. The molecule has 0 fully saturated rings. The predicted octanol–water partition coefficient (Wildman–Crippen LogP) is 3.57. The number of aryl methyl sites for hydroxylation is 1. The molecule has 0 saturated heterocycles. The number of nitrogens with zero attached hydrogens (tertiary/aromatic N) is 3. The Morgan fingerprint density at radius 1 is 1.26 bits per heavy atom. The first-order chi connectivity index (χ1) is 9.17. The number of nitrogens with one attached hydrogen (secondary N) is 1. The van der Waals surface area contributed by atoms with Gasteiger partial charge < -0.3 is 4.98 Å². The molecule has 0 radical (unpaired) electrons. The van der Waals surface area contributed by atoms with Crippen LogP contribution in [0.25, 0.3) is 22.1 Å². The second-order valence-electron chi connectivity index (χ2n) is 4.82. The minimum Gasteiger partial charge on any atom is -0.338 e. The van der Waals surface area contributed by atoms with Crippen LogP contribution >= 0.6 is 11.8 Å². The van der Waals surface area contributed by atoms with Gasteiger partial charge in [0, 0.05) is 16.2 Å². The summed E-state index contributed by atoms with van der Waals surface area (Å²) in [6.45, 7) is 6.39. The molecule has 0 aliphatic rings. The molecule has 0 amide bonds. The van der Waals surface area contributed by atoms with E-state index in [1.165, 1.54) is 5.56 Å². The van der Waals surface area contributed by atoms with Crippen LogP contribution in [0.1, 0.15) is 26.3 Å². The van der Waals surface area contributed by atoms with Crippen molar-refractivity contribution < 1.29 is 0 Å². The lowest BCUT2D eigenvalue weighted by Gasteiger charge is -2.00. The molecule has 0 bridgehead atoms. The highest BCUT2D eigenvalue weighted by atomic mass is 32.2. The van der Waals surface area contributed by atoms with E-state index in [1.54, 1.807) is 11.8 Å². The third kappa shape index (κ3) is 2.30. The molecule has 0 aliphatic carbocycles. The molecule has 0 atom stereocenters. The van der Waals surface area contributed by atoms with Crippen LogP contribution in [0.15, 0.2) is 23.4 Å². The molecule has 19 heavy (non-hydrogen) atoms. The first-order valence-corrected chi connectivity index (χ1v) is 7.37. The van der Waals surface area contributed by atoms with Crippen molar-refractivity contribution in [3.8, 4) is 0 Å². The Balaban J connectivity index is 2.17. The van der Waals surface area contributed by atoms with E-state index in [1.807, 2.05) is 0 Å². The summed E-state index contributed by atoms with van der Waals surface area (Å²) in [6.07, 6.45) is 1.02. The van der Waals surface area contributed by atoms with Crippen LogP contribution in [0.4, 0.5) is 0 Å². The van der Waals surface area contributed by atoms with Crippen molar-refractivity contribution in [1.29, 1.82) is 0 Å². The largest absolute Gasteiger partial charge is 0.338 e. The van der Waals surface area contributed by atoms with Gasteiger partial charge in [-0.2, -0.15) is 0 Å². The third-order valence-electron chi connectivity index (χ3n) is 3.01. The predicted molar refractivity (Wildman–Crippen MR) is 79.6 cm³/mol. The second-order valence-corrected chi connectivity index (χ2v) is 6.36. The summed E-state index contributed by atoms with van der Waals surface area (Å²) in [6, 6.07) is 6.39. The molecular formula is C14H16N4S. The van der Waals surface area contributed by atoms with Crippen LogP contribution in [0.5, 0.6) is 0 Å². The summed E-state index contributed by atoms with van der Waals surface area (Å²) in [5.74, 6) is 0. The molecule has 0 aliphatic heterocycles. The number of hydrogen-bond acceptors (Lipinski definition) is 4. The Hall–Kier alpha value is -1.62. The minimum atomic E-state index is 0.454. The molecule has 3 aromatic rings. The average molecular weight is 272 g/mol. The lowest BCUT2D eigenvalue weighted by Crippen LogP contribution is -1.95. The van der Waals surface area contributed by atoms with Gasteiger partial charge in [-0.1, -0.05) is 38.6 Å². The summed E-state index contributed by atoms with van der Waals surface area (Å²) in [5, 5.41) is 10.8. The van der Waals surface area contributed by atoms with Crippen molar-refractivity contribution in [3.63, 3.8) is 0 Å². The van der Waals surface area contributed by atoms with Gasteiger partial charge in [0.25, 0.3) is 0 Å². The fraction of sp³-hybridized carbons (Fsp3) is 0.357. The number of fused-ring (bicyclic) bond motifs is 3. The summed E-state index contributed by atoms with van der Waals surface area (Å²) in [5.41, 5.74) is 4.05. The Morgan fingerprint density at radius 2 is 2.11 bits per heavy atom. The number of thioether (sulfide) groups is 1. The van der Waals surface area contributed by atoms with Gasteiger partial charge in [-0.25, -0.2) is 4.98 Å². The molecule has 1 aromatic carbocycles. The molecule has 3 rings (SSSR count). The maximum absolute atomic E-state index is 4.54. The number of hydrogen-bond donors (Lipinski definition) is 1. The van der Waals surface area contributed by atoms with Gasteiger partial charge in [0.2, 0.25) is 5.16 Å². The Morgan fingerprint density at radius 3 is 2.84 bits per heavy atom. The highest BCUT2D eigenvalue weighted by molar-refractivity contribution is 7.99. The number of rotatable bonds is 3. The van der Waals surface area contributed by atoms with Gasteiger partial charge in [-0.05, 0) is 24.1 Å². The molecule has 2 aromatic heterocycles. The topological polar surface area (TPSA) is 54.5 Å². The summed E-state index contributed by atoms with van der Waals surface area (Å²) in [7, 11) is 0. The molecule has 5 heteroatoms. The zero-order chi connectivity index (χ0) is 13.4. The average Bonchev–Trinajstić information content (AvgIpc) is 2.74. The van der Waals surface area contributed by atoms with Gasteiger partial charge in [0.1, 0.15) is 5.52 Å². The minimum absolute atomic E-state index is 0.454. The second kappa shape index (κ2) is 4.81. The number of H-pyrrole nitrogens is 1. The normalized spacial score (nSPS) is 11.8. The lowest BCUT2D eigenvalue weighted by molar-refractivity contribution is 0.872. The SMILES string of the molecule is CCc1ccc2[nH]c3nc(SC(C)C)nnc3c2c1. The van der Waals surface area contributed by atoms with Crippen LogP contribution in [0, 0.1) is 0 Å². The molecule has 4 nitrogen and oxygen atoms in total. The molecule has 2 heterocycles. The van der Waals surface area contributed by atoms with Crippen LogP contribution in [0.2, 0.25) is 0 Å². The molecule has 0 spiro atoms. The van der Waals surface area contributed by atoms with E-state index in [-0.39, 0.29) is 0 Å². The van der Waals surface area contributed by atoms with Crippen molar-refractivity contribution in [2.24, 2.45) is 0 Å². The fourth-order valence-electron chi connectivity index (χ4n) is 2.08. The van der Waals surface area contributed by atoms with Crippen molar-refractivity contribution >= 4 is 33.8 Å². The van der Waals surface area contributed by atoms with Crippen molar-refractivity contribution in [2.45, 2.75) is 37.6 Å². The molecule has 0 saturated carbocycles. The zero-order valence-electron chi connectivity index (χ0n) is 11.3. The van der Waals surface area contributed by atoms with Crippen LogP contribution in [-0.4, -0.2) is 25.4 Å². The summed E-state index contributed by atoms with van der Waals surface area (Å²) in [4.78, 5) is 7.86. The smallest absolute Gasteiger partial charge is 0.211 e. The van der Waals surface area contributed by atoms with Crippen LogP contribution in [-0.2, 0) is 6.42 Å². The van der Waals surface area contributed by atoms with E-state index in [2.05, 4.69) is 59.1 Å². The Bertz CT molecular complexity index is 733. The number of aromatic nitrogens is 4. The Kier molecular flexibility index (Phi) is 3.14. The summed E-state index contributed by atoms with van der Waals surface area (Å²) < 4.78 is 0. The van der Waals surface area contributed by atoms with Crippen LogP contribution < -0.4 is 0 Å². The quantitative estimate of drug-likeness (QED) is 0.741. The van der Waals surface area contributed by atoms with E-state index < -0.39 is 0 Å². The molecule has 98 valence electrons. The lowest BCUT2D eigenvalue weighted by atomic mass is 10.1. The third-order valence-corrected chi connectivity index (χ3v) is 3.86. The van der Waals surface area contributed by atoms with Gasteiger partial charge in [-0.3, -0.25) is 0 Å². The standard InChI is InChI=1S/C14H16N4S/c1-4-9-5-6-11-10(7-9)12-13(15-11)16-14(18-17-12)19-8(2)3/h5-8H,4H2,1-3H3,(H,15,16,18). The molecule has 1 N–H and O–H groups in total. The fourth-order valence-corrected chi connectivity index (χ4v) is 2.74. The van der Waals surface area contributed by atoms with Gasteiger partial charge in [0.15, 0.2) is 5.65 Å². The summed E-state index contributed by atoms with van der Waals surface area (Å²) >= 11 is 1.63. The van der Waals surface area contributed by atoms with Gasteiger partial charge in [0.05, 0.1) is 0 Å². The molecule has 0 unspecified atom stereocenters. The van der Waals surface area contributed by atoms with Crippen molar-refractivity contribution in [3.05, 3.63) is 23.8 Å². The van der Waals surface area contributed by atoms with E-state index in [9.17, 15) is 0 Å². The number of aromatic amines is 1. The highest BCUT2D eigenvalue weighted by Crippen LogP contribution is 2.25.